The van der Waals surface area contributed by atoms with Crippen molar-refractivity contribution in [2.45, 2.75) is 6.61 Å². The van der Waals surface area contributed by atoms with Crippen molar-refractivity contribution in [1.29, 1.82) is 0 Å². The van der Waals surface area contributed by atoms with Gasteiger partial charge < -0.3 is 9.47 Å². The largest absolute Gasteiger partial charge is 0.487 e. The van der Waals surface area contributed by atoms with Crippen molar-refractivity contribution in [2.24, 2.45) is 4.99 Å². The summed E-state index contributed by atoms with van der Waals surface area (Å²) in [5.41, 5.74) is 2.71. The number of hydrogen-bond donors (Lipinski definition) is 0. The van der Waals surface area contributed by atoms with Crippen LogP contribution in [0.25, 0.3) is 6.08 Å². The molecule has 31 heavy (non-hydrogen) atoms. The second kappa shape index (κ2) is 9.69. The minimum absolute atomic E-state index is 0.226. The maximum Gasteiger partial charge on any atom is 0.363 e. The second-order valence-electron chi connectivity index (χ2n) is 6.58. The minimum atomic E-state index is -0.495. The molecule has 1 aliphatic heterocycles. The van der Waals surface area contributed by atoms with Crippen LogP contribution in [0.5, 0.6) is 5.75 Å². The van der Waals surface area contributed by atoms with Gasteiger partial charge in [0.2, 0.25) is 5.90 Å². The number of nitrogens with zero attached hydrogens (tertiary/aromatic N) is 1. The number of hydrogen-bond acceptors (Lipinski definition) is 4. The molecule has 156 valence electrons. The molecule has 0 amide bonds. The lowest BCUT2D eigenvalue weighted by molar-refractivity contribution is -0.129. The van der Waals surface area contributed by atoms with Crippen molar-refractivity contribution in [3.63, 3.8) is 0 Å². The van der Waals surface area contributed by atoms with Gasteiger partial charge in [-0.3, -0.25) is 0 Å². The van der Waals surface area contributed by atoms with E-state index in [9.17, 15) is 4.79 Å². The first kappa shape index (κ1) is 22.3. The van der Waals surface area contributed by atoms with Crippen LogP contribution in [0.15, 0.2) is 84.8 Å². The molecule has 0 radical (unpaired) electrons. The van der Waals surface area contributed by atoms with Gasteiger partial charge in [-0.15, -0.1) is 0 Å². The normalized spacial score (nSPS) is 14.5. The first-order valence-corrected chi connectivity index (χ1v) is 11.8. The number of ether oxygens (including phenoxy) is 2. The van der Waals surface area contributed by atoms with Crippen LogP contribution in [-0.2, 0) is 16.1 Å². The number of carbonyl (C=O) groups excluding carboxylic acids is 1. The third kappa shape index (κ3) is 5.47. The fourth-order valence-corrected chi connectivity index (χ4v) is 4.82. The van der Waals surface area contributed by atoms with Crippen LogP contribution in [-0.4, -0.2) is 11.9 Å². The van der Waals surface area contributed by atoms with Crippen LogP contribution in [0.2, 0.25) is 5.02 Å². The molecular formula is C23H13Br3ClNO3. The van der Waals surface area contributed by atoms with Crippen LogP contribution >= 0.6 is 59.4 Å². The highest BCUT2D eigenvalue weighted by Gasteiger charge is 2.24. The lowest BCUT2D eigenvalue weighted by Gasteiger charge is -2.11. The maximum absolute atomic E-state index is 12.3. The lowest BCUT2D eigenvalue weighted by Crippen LogP contribution is -2.05. The first-order chi connectivity index (χ1) is 14.9. The fourth-order valence-electron chi connectivity index (χ4n) is 2.85. The highest BCUT2D eigenvalue weighted by atomic mass is 79.9. The van der Waals surface area contributed by atoms with Gasteiger partial charge in [-0.1, -0.05) is 45.7 Å². The van der Waals surface area contributed by atoms with E-state index in [1.165, 1.54) is 0 Å². The third-order valence-electron chi connectivity index (χ3n) is 4.31. The number of esters is 1. The van der Waals surface area contributed by atoms with Gasteiger partial charge in [-0.25, -0.2) is 9.79 Å². The van der Waals surface area contributed by atoms with Crippen LogP contribution in [0.4, 0.5) is 0 Å². The Morgan fingerprint density at radius 3 is 2.39 bits per heavy atom. The quantitative estimate of drug-likeness (QED) is 0.217. The Morgan fingerprint density at radius 1 is 1.00 bits per heavy atom. The van der Waals surface area contributed by atoms with Gasteiger partial charge in [-0.05, 0) is 91.5 Å². The van der Waals surface area contributed by atoms with Gasteiger partial charge in [-0.2, -0.15) is 0 Å². The monoisotopic (exact) mass is 623 g/mol. The number of aliphatic imine (C=N–C) groups is 1. The summed E-state index contributed by atoms with van der Waals surface area (Å²) in [7, 11) is 0. The summed E-state index contributed by atoms with van der Waals surface area (Å²) in [6.45, 7) is 0.390. The Balaban J connectivity index is 1.55. The summed E-state index contributed by atoms with van der Waals surface area (Å²) in [6.07, 6.45) is 1.67. The van der Waals surface area contributed by atoms with Gasteiger partial charge in [0.05, 0.1) is 8.95 Å². The van der Waals surface area contributed by atoms with Crippen molar-refractivity contribution < 1.29 is 14.3 Å². The summed E-state index contributed by atoms with van der Waals surface area (Å²) < 4.78 is 13.6. The molecule has 1 aliphatic rings. The number of cyclic esters (lactones) is 1. The fraction of sp³-hybridized carbons (Fsp3) is 0.0435. The molecule has 8 heteroatoms. The lowest BCUT2D eigenvalue weighted by atomic mass is 10.2. The molecule has 0 atom stereocenters. The zero-order valence-electron chi connectivity index (χ0n) is 15.7. The molecule has 4 rings (SSSR count). The van der Waals surface area contributed by atoms with E-state index < -0.39 is 5.97 Å². The minimum Gasteiger partial charge on any atom is -0.487 e. The molecular weight excluding hydrogens is 613 g/mol. The number of benzene rings is 3. The summed E-state index contributed by atoms with van der Waals surface area (Å²) in [6, 6.07) is 18.6. The van der Waals surface area contributed by atoms with Crippen LogP contribution in [0.3, 0.4) is 0 Å². The molecule has 0 aliphatic carbocycles. The number of rotatable bonds is 5. The molecule has 3 aromatic carbocycles. The van der Waals surface area contributed by atoms with Gasteiger partial charge >= 0.3 is 5.97 Å². The topological polar surface area (TPSA) is 47.9 Å². The Bertz CT molecular complexity index is 1200. The summed E-state index contributed by atoms with van der Waals surface area (Å²) in [4.78, 5) is 16.6. The molecule has 0 spiro atoms. The Kier molecular flexibility index (Phi) is 6.96. The van der Waals surface area contributed by atoms with Crippen LogP contribution < -0.4 is 4.74 Å². The molecule has 0 unspecified atom stereocenters. The second-order valence-corrected chi connectivity index (χ2v) is 9.64. The van der Waals surface area contributed by atoms with Crippen molar-refractivity contribution in [3.8, 4) is 5.75 Å². The van der Waals surface area contributed by atoms with Crippen molar-refractivity contribution >= 4 is 77.3 Å². The van der Waals surface area contributed by atoms with Gasteiger partial charge in [0.15, 0.2) is 5.70 Å². The Hall–Kier alpha value is -1.93. The average molecular weight is 627 g/mol. The molecule has 0 bridgehead atoms. The SMILES string of the molecule is O=C1OC(c2cccc(Br)c2)=N/C1=C\c1cc(Br)c(OCc2ccc(Cl)cc2)c(Br)c1. The van der Waals surface area contributed by atoms with Crippen LogP contribution in [0, 0.1) is 0 Å². The van der Waals surface area contributed by atoms with Gasteiger partial charge in [0, 0.05) is 15.1 Å². The predicted octanol–water partition coefficient (Wildman–Crippen LogP) is 7.55. The Morgan fingerprint density at radius 2 is 1.71 bits per heavy atom. The third-order valence-corrected chi connectivity index (χ3v) is 6.24. The van der Waals surface area contributed by atoms with Crippen molar-refractivity contribution in [1.82, 2.24) is 0 Å². The summed E-state index contributed by atoms with van der Waals surface area (Å²) in [5, 5.41) is 0.680. The molecule has 0 fully saturated rings. The van der Waals surface area contributed by atoms with E-state index in [1.807, 2.05) is 60.7 Å². The van der Waals surface area contributed by atoms with Gasteiger partial charge in [0.1, 0.15) is 12.4 Å². The molecule has 1 heterocycles. The molecule has 0 N–H and O–H groups in total. The van der Waals surface area contributed by atoms with E-state index in [-0.39, 0.29) is 11.6 Å². The highest BCUT2D eigenvalue weighted by molar-refractivity contribution is 9.11. The number of carbonyl (C=O) groups is 1. The molecule has 0 aromatic heterocycles. The highest BCUT2D eigenvalue weighted by Crippen LogP contribution is 2.36. The molecule has 3 aromatic rings. The van der Waals surface area contributed by atoms with E-state index in [0.717, 1.165) is 30.1 Å². The van der Waals surface area contributed by atoms with Gasteiger partial charge in [0.25, 0.3) is 0 Å². The van der Waals surface area contributed by atoms with E-state index >= 15 is 0 Å². The zero-order chi connectivity index (χ0) is 22.0. The van der Waals surface area contributed by atoms with E-state index in [2.05, 4.69) is 52.8 Å². The van der Waals surface area contributed by atoms with E-state index in [4.69, 9.17) is 21.1 Å². The molecule has 4 nitrogen and oxygen atoms in total. The standard InChI is InChI=1S/C23H13Br3ClNO3/c24-16-3-1-2-15(11-16)22-28-20(23(29)31-22)10-14-8-18(25)21(19(26)9-14)30-12-13-4-6-17(27)7-5-13/h1-11H,12H2/b20-10-. The summed E-state index contributed by atoms with van der Waals surface area (Å²) >= 11 is 16.4. The summed E-state index contributed by atoms with van der Waals surface area (Å²) in [5.74, 6) is 0.438. The van der Waals surface area contributed by atoms with Crippen molar-refractivity contribution in [2.75, 3.05) is 0 Å². The first-order valence-electron chi connectivity index (χ1n) is 9.04. The van der Waals surface area contributed by atoms with Crippen molar-refractivity contribution in [3.05, 3.63) is 101 Å². The number of halogens is 4. The molecule has 0 saturated carbocycles. The van der Waals surface area contributed by atoms with Crippen LogP contribution in [0.1, 0.15) is 16.7 Å². The predicted molar refractivity (Wildman–Crippen MR) is 132 cm³/mol. The maximum atomic E-state index is 12.3. The smallest absolute Gasteiger partial charge is 0.363 e. The zero-order valence-corrected chi connectivity index (χ0v) is 21.3. The average Bonchev–Trinajstić information content (AvgIpc) is 3.09. The van der Waals surface area contributed by atoms with E-state index in [1.54, 1.807) is 6.08 Å². The molecule has 0 saturated heterocycles. The van der Waals surface area contributed by atoms with E-state index in [0.29, 0.717) is 17.4 Å². The Labute approximate surface area is 209 Å².